The first-order valence-electron chi connectivity index (χ1n) is 47.1. The van der Waals surface area contributed by atoms with Gasteiger partial charge in [0.15, 0.2) is 11.6 Å². The minimum Gasteiger partial charge on any atom is -0.469 e. The van der Waals surface area contributed by atoms with Crippen molar-refractivity contribution in [3.63, 3.8) is 0 Å². The summed E-state index contributed by atoms with van der Waals surface area (Å²) in [4.78, 5) is 108. The van der Waals surface area contributed by atoms with E-state index in [1.54, 1.807) is 34.0 Å². The molecule has 12 aromatic rings. The molecule has 0 aliphatic carbocycles. The van der Waals surface area contributed by atoms with E-state index < -0.39 is 55.3 Å². The van der Waals surface area contributed by atoms with Gasteiger partial charge in [-0.2, -0.15) is 72.4 Å². The molecule has 6 aliphatic rings. The van der Waals surface area contributed by atoms with Gasteiger partial charge in [0.05, 0.1) is 130 Å². The molecule has 0 saturated carbocycles. The van der Waals surface area contributed by atoms with Crippen LogP contribution in [0.2, 0.25) is 0 Å². The van der Waals surface area contributed by atoms with Gasteiger partial charge in [0.2, 0.25) is 5.91 Å². The van der Waals surface area contributed by atoms with Gasteiger partial charge in [-0.25, -0.2) is 13.1 Å². The number of nitrogens with two attached hydrogens (primary N) is 1. The summed E-state index contributed by atoms with van der Waals surface area (Å²) in [5.41, 5.74) is 20.7. The maximum Gasteiger partial charge on any atom is 0.313 e. The first kappa shape index (κ1) is 110. The number of carbonyl (C=O) groups is 8. The molecule has 0 bridgehead atoms. The van der Waals surface area contributed by atoms with E-state index in [4.69, 9.17) is 34.2 Å². The standard InChI is InChI=1S/C24H32N2O5S2.C20H24N2O4S.C19H20N2O3S.C19H24N2O2S2.C15H15NO2S.C11H7BrOS/c1-23(2,3)33(29)25-24(19-9-14-32-17-19,16-21(27)15-22(28)30-4)18-5-7-20(8-6-18)26-10-12-31-13-11-26;1-25-19(24)12-18(23)13-20(21,16-6-11-27-14-16)15-2-4-17(5-3-15)22-7-9-26-10-8-22;22-17-11-18(23)20-19(12-17,15-5-10-25-13-15)14-1-3-16(4-2-14)21-6-8-24-9-7-21;1-19(2,3)25(22)20-18(16-8-13-24-14-16)15-4-6-17(7-5-15)21-9-11-23-12-10-21;17-15(13-5-10-19-11-13)12-1-3-14(4-2-12)16-6-8-18-9-7-16;12-10-3-1-8(2-4-10)11(13)9-5-6-14-7-9/h5-9,14,17,25H,10-13,15-16H2,1-4H3;2-6,11,14H,7-10,12-13,21H2,1H3;1-5,10,13H,6-9,11-12H2,(H,20,23);4-8,13-14H,9-12H2,1-3H3;1-5,10-11H,6-9H2;1-7H. The fourth-order valence-corrected chi connectivity index (χ4v) is 22.5. The van der Waals surface area contributed by atoms with Gasteiger partial charge in [0.1, 0.15) is 41.2 Å². The number of ketones is 5. The van der Waals surface area contributed by atoms with Gasteiger partial charge in [-0.15, -0.1) is 0 Å². The number of rotatable bonds is 28. The van der Waals surface area contributed by atoms with Crippen molar-refractivity contribution in [3.8, 4) is 0 Å². The van der Waals surface area contributed by atoms with E-state index in [0.29, 0.717) is 19.6 Å². The molecule has 756 valence electrons. The van der Waals surface area contributed by atoms with Crippen LogP contribution >= 0.6 is 84.0 Å². The Morgan fingerprint density at radius 3 is 1.14 bits per heavy atom. The maximum absolute atomic E-state index is 13.3. The second kappa shape index (κ2) is 53.0. The Kier molecular flexibility index (Phi) is 40.6. The van der Waals surface area contributed by atoms with E-state index in [2.05, 4.69) is 101 Å². The van der Waals surface area contributed by atoms with Crippen molar-refractivity contribution >= 4 is 187 Å². The molecule has 6 aliphatic heterocycles. The number of halogens is 1. The Bertz CT molecular complexity index is 6120. The van der Waals surface area contributed by atoms with Gasteiger partial charge in [-0.3, -0.25) is 38.4 Å². The van der Waals surface area contributed by atoms with E-state index in [1.165, 1.54) is 53.9 Å². The molecule has 143 heavy (non-hydrogen) atoms. The van der Waals surface area contributed by atoms with Gasteiger partial charge in [-0.1, -0.05) is 64.5 Å². The third-order valence-corrected chi connectivity index (χ3v) is 32.2. The third kappa shape index (κ3) is 30.6. The van der Waals surface area contributed by atoms with E-state index in [0.717, 1.165) is 218 Å². The minimum atomic E-state index is -1.47. The largest absolute Gasteiger partial charge is 0.469 e. The van der Waals surface area contributed by atoms with E-state index in [9.17, 15) is 46.8 Å². The number of Topliss-reactive ketones (excluding diaryl/α,β-unsaturated/α-hetero) is 3. The van der Waals surface area contributed by atoms with Crippen LogP contribution < -0.4 is 40.3 Å². The van der Waals surface area contributed by atoms with Gasteiger partial charge in [0.25, 0.3) is 0 Å². The highest BCUT2D eigenvalue weighted by Crippen LogP contribution is 2.42. The molecule has 6 saturated heterocycles. The summed E-state index contributed by atoms with van der Waals surface area (Å²) < 4.78 is 70.1. The smallest absolute Gasteiger partial charge is 0.313 e. The highest BCUT2D eigenvalue weighted by atomic mass is 79.9. The fraction of sp³-hybridized carbons (Fsp3) is 0.361. The lowest BCUT2D eigenvalue weighted by Crippen LogP contribution is -2.52. The average Bonchev–Trinajstić information content (AvgIpc) is 1.76. The lowest BCUT2D eigenvalue weighted by molar-refractivity contribution is -0.145. The summed E-state index contributed by atoms with van der Waals surface area (Å²) in [6.45, 7) is 27.6. The van der Waals surface area contributed by atoms with Gasteiger partial charge in [0, 0.05) is 167 Å². The van der Waals surface area contributed by atoms with E-state index in [-0.39, 0.29) is 71.7 Å². The van der Waals surface area contributed by atoms with Gasteiger partial charge in [-0.05, 0) is 257 Å². The zero-order valence-corrected chi connectivity index (χ0v) is 89.6. The average molecular weight is 2150 g/mol. The highest BCUT2D eigenvalue weighted by molar-refractivity contribution is 9.10. The predicted molar refractivity (Wildman–Crippen MR) is 580 cm³/mol. The predicted octanol–water partition coefficient (Wildman–Crippen LogP) is 18.5. The fourth-order valence-electron chi connectivity index (χ4n) is 16.6. The number of ether oxygens (including phenoxy) is 7. The molecule has 4 N–H and O–H groups in total. The number of hydrogen-bond acceptors (Lipinski definition) is 29. The SMILES string of the molecule is CC(C)(C)S(=O)N=C(c1ccc(N2CCOCC2)cc1)c1ccsc1.COC(=O)CC(=O)CC(N)(c1ccc(N2CCOCC2)cc1)c1ccsc1.COC(=O)CC(=O)CC(NS(=O)C(C)(C)C)(c1ccc(N2CCOCC2)cc1)c1ccsc1.O=C(c1ccc(Br)cc1)c1ccsc1.O=C(c1ccc(N2CCOCC2)cc1)c1ccsc1.O=C1CC(=O)NC(c2ccc(N3CCOCC3)cc2)(c2ccsc2)C1. The summed E-state index contributed by atoms with van der Waals surface area (Å²) in [6, 6.07) is 59.4. The van der Waals surface area contributed by atoms with Gasteiger partial charge >= 0.3 is 11.9 Å². The zero-order chi connectivity index (χ0) is 102. The van der Waals surface area contributed by atoms with E-state index >= 15 is 0 Å². The number of benzene rings is 6. The van der Waals surface area contributed by atoms with Crippen LogP contribution in [0.1, 0.15) is 156 Å². The minimum absolute atomic E-state index is 0.0211. The summed E-state index contributed by atoms with van der Waals surface area (Å²) >= 11 is 12.6. The second-order valence-corrected chi connectivity index (χ2v) is 45.9. The Hall–Kier alpha value is -10.6. The zero-order valence-electron chi connectivity index (χ0n) is 81.5. The topological polar surface area (TPSA) is 314 Å². The molecule has 0 radical (unpaired) electrons. The number of esters is 2. The number of methoxy groups -OCH3 is 2. The number of morpholine rings is 5. The van der Waals surface area contributed by atoms with Crippen LogP contribution in [-0.4, -0.2) is 216 Å². The molecular weight excluding hydrogens is 2030 g/mol. The van der Waals surface area contributed by atoms with Crippen LogP contribution in [0.25, 0.3) is 0 Å². The Labute approximate surface area is 874 Å². The lowest BCUT2D eigenvalue weighted by Gasteiger charge is -2.38. The number of nitrogens with one attached hydrogen (secondary N) is 2. The van der Waals surface area contributed by atoms with Crippen molar-refractivity contribution in [1.29, 1.82) is 0 Å². The number of hydrogen-bond donors (Lipinski definition) is 3. The molecule has 0 spiro atoms. The van der Waals surface area contributed by atoms with Gasteiger partial charge < -0.3 is 68.7 Å². The number of thiophene rings is 6. The lowest BCUT2D eigenvalue weighted by atomic mass is 9.77. The van der Waals surface area contributed by atoms with Crippen molar-refractivity contribution < 1.29 is 79.9 Å². The summed E-state index contributed by atoms with van der Waals surface area (Å²) in [5.74, 6) is -1.72. The normalized spacial score (nSPS) is 17.5. The number of anilines is 5. The molecule has 6 aromatic carbocycles. The van der Waals surface area contributed by atoms with Crippen molar-refractivity contribution in [1.82, 2.24) is 10.0 Å². The van der Waals surface area contributed by atoms with Crippen LogP contribution in [0, 0.1) is 0 Å². The molecule has 26 nitrogen and oxygen atoms in total. The molecular formula is C108H122BrN9O17S8. The van der Waals surface area contributed by atoms with Crippen LogP contribution in [0.15, 0.2) is 255 Å². The number of carbonyl (C=O) groups excluding carboxylic acids is 8. The first-order chi connectivity index (χ1) is 68.9. The summed E-state index contributed by atoms with van der Waals surface area (Å²) in [6.07, 6.45) is -0.332. The monoisotopic (exact) mass is 2150 g/mol. The van der Waals surface area contributed by atoms with E-state index in [1.807, 2.05) is 246 Å². The number of piperidine rings is 1. The second-order valence-electron chi connectivity index (χ2n) is 36.4. The number of amides is 1. The van der Waals surface area contributed by atoms with Crippen molar-refractivity contribution in [2.45, 2.75) is 106 Å². The molecule has 12 heterocycles. The summed E-state index contributed by atoms with van der Waals surface area (Å²) in [5, 5.41) is 26.5. The first-order valence-corrected chi connectivity index (χ1v) is 55.8. The maximum atomic E-state index is 13.3. The molecule has 18 rings (SSSR count). The van der Waals surface area contributed by atoms with Crippen molar-refractivity contribution in [2.24, 2.45) is 10.1 Å². The molecule has 1 amide bonds. The van der Waals surface area contributed by atoms with Crippen LogP contribution in [0.4, 0.5) is 28.4 Å². The molecule has 6 aromatic heterocycles. The Morgan fingerprint density at radius 2 is 0.769 bits per heavy atom. The summed E-state index contributed by atoms with van der Waals surface area (Å²) in [7, 11) is -0.234. The quantitative estimate of drug-likeness (QED) is 0.0177. The third-order valence-electron chi connectivity index (χ3n) is 24.6. The van der Waals surface area contributed by atoms with Crippen LogP contribution in [-0.2, 0) is 101 Å². The van der Waals surface area contributed by atoms with Crippen LogP contribution in [0.5, 0.6) is 0 Å². The number of nitrogens with zero attached hydrogens (tertiary/aromatic N) is 6. The van der Waals surface area contributed by atoms with Crippen LogP contribution in [0.3, 0.4) is 0 Å². The Balaban J connectivity index is 0.000000146. The molecule has 35 heteroatoms. The molecule has 6 fully saturated rings. The molecule has 5 unspecified atom stereocenters. The Morgan fingerprint density at radius 1 is 0.413 bits per heavy atom. The van der Waals surface area contributed by atoms with Crippen molar-refractivity contribution in [3.05, 3.63) is 318 Å². The van der Waals surface area contributed by atoms with Crippen molar-refractivity contribution in [2.75, 3.05) is 170 Å². The molecule has 5 atom stereocenters. The highest BCUT2D eigenvalue weighted by Gasteiger charge is 2.44.